The molecule has 6 rings (SSSR count). The van der Waals surface area contributed by atoms with Crippen molar-refractivity contribution in [2.45, 2.75) is 38.4 Å². The summed E-state index contributed by atoms with van der Waals surface area (Å²) in [6.45, 7) is 5.09. The highest BCUT2D eigenvalue weighted by Gasteiger charge is 2.31. The second kappa shape index (κ2) is 10.1. The third-order valence-corrected chi connectivity index (χ3v) is 9.32. The second-order valence-electron chi connectivity index (χ2n) is 9.91. The zero-order valence-electron chi connectivity index (χ0n) is 20.5. The zero-order chi connectivity index (χ0) is 24.6. The average Bonchev–Trinajstić information content (AvgIpc) is 3.52. The molecule has 2 aliphatic rings. The zero-order valence-corrected chi connectivity index (χ0v) is 22.1. The Morgan fingerprint density at radius 3 is 2.53 bits per heavy atom. The summed E-state index contributed by atoms with van der Waals surface area (Å²) in [5.74, 6) is 0.725. The van der Waals surface area contributed by atoms with Gasteiger partial charge in [0.05, 0.1) is 18.2 Å². The maximum Gasteiger partial charge on any atom is 0.160 e. The molecule has 1 fully saturated rings. The second-order valence-corrected chi connectivity index (χ2v) is 11.4. The minimum Gasteiger partial charge on any atom is -0.504 e. The third kappa shape index (κ3) is 4.50. The SMILES string of the molecule is COc1cc2c(cc1O)CCN(Cc1sc3ccccc3c1Cl)C2c1ccc(CN2CCCC2)cc1. The van der Waals surface area contributed by atoms with Crippen LogP contribution >= 0.6 is 22.9 Å². The molecule has 0 spiro atoms. The van der Waals surface area contributed by atoms with Crippen LogP contribution in [0.4, 0.5) is 0 Å². The summed E-state index contributed by atoms with van der Waals surface area (Å²) in [6, 6.07) is 21.5. The van der Waals surface area contributed by atoms with Gasteiger partial charge in [0.1, 0.15) is 0 Å². The number of rotatable bonds is 6. The number of ether oxygens (including phenoxy) is 1. The predicted molar refractivity (Wildman–Crippen MR) is 148 cm³/mol. The van der Waals surface area contributed by atoms with Gasteiger partial charge in [0, 0.05) is 34.6 Å². The number of aromatic hydroxyl groups is 1. The van der Waals surface area contributed by atoms with E-state index in [0.29, 0.717) is 5.75 Å². The molecule has 3 aromatic carbocycles. The molecule has 0 saturated carbocycles. The lowest BCUT2D eigenvalue weighted by Crippen LogP contribution is -2.35. The smallest absolute Gasteiger partial charge is 0.160 e. The van der Waals surface area contributed by atoms with E-state index in [0.717, 1.165) is 36.5 Å². The molecule has 36 heavy (non-hydrogen) atoms. The number of benzene rings is 3. The van der Waals surface area contributed by atoms with Crippen molar-refractivity contribution in [3.63, 3.8) is 0 Å². The number of phenolic OH excluding ortho intramolecular Hbond substituents is 1. The van der Waals surface area contributed by atoms with E-state index >= 15 is 0 Å². The van der Waals surface area contributed by atoms with Gasteiger partial charge in [0.15, 0.2) is 11.5 Å². The highest BCUT2D eigenvalue weighted by molar-refractivity contribution is 7.19. The number of thiophene rings is 1. The lowest BCUT2D eigenvalue weighted by atomic mass is 9.87. The Balaban J connectivity index is 1.37. The van der Waals surface area contributed by atoms with E-state index < -0.39 is 0 Å². The number of nitrogens with zero attached hydrogens (tertiary/aromatic N) is 2. The van der Waals surface area contributed by atoms with Crippen LogP contribution in [0.1, 0.15) is 46.0 Å². The quantitative estimate of drug-likeness (QED) is 0.298. The average molecular weight is 519 g/mol. The molecule has 3 heterocycles. The van der Waals surface area contributed by atoms with Crippen molar-refractivity contribution in [1.29, 1.82) is 0 Å². The number of hydrogen-bond donors (Lipinski definition) is 1. The molecule has 1 saturated heterocycles. The highest BCUT2D eigenvalue weighted by Crippen LogP contribution is 2.43. The highest BCUT2D eigenvalue weighted by atomic mass is 35.5. The fourth-order valence-electron chi connectivity index (χ4n) is 5.77. The number of halogens is 1. The van der Waals surface area contributed by atoms with Crippen LogP contribution in [0.2, 0.25) is 5.02 Å². The van der Waals surface area contributed by atoms with Gasteiger partial charge in [-0.3, -0.25) is 9.80 Å². The summed E-state index contributed by atoms with van der Waals surface area (Å²) in [5, 5.41) is 12.5. The van der Waals surface area contributed by atoms with E-state index in [1.165, 1.54) is 57.8 Å². The van der Waals surface area contributed by atoms with Crippen LogP contribution in [0.15, 0.2) is 60.7 Å². The molecule has 2 aliphatic heterocycles. The summed E-state index contributed by atoms with van der Waals surface area (Å²) in [7, 11) is 1.61. The molecular formula is C30H31ClN2O2S. The molecule has 1 N–H and O–H groups in total. The monoisotopic (exact) mass is 518 g/mol. The topological polar surface area (TPSA) is 35.9 Å². The predicted octanol–water partition coefficient (Wildman–Crippen LogP) is 7.01. The van der Waals surface area contributed by atoms with Crippen molar-refractivity contribution in [2.75, 3.05) is 26.7 Å². The van der Waals surface area contributed by atoms with Crippen LogP contribution in [0.3, 0.4) is 0 Å². The largest absolute Gasteiger partial charge is 0.504 e. The van der Waals surface area contributed by atoms with Crippen molar-refractivity contribution in [1.82, 2.24) is 9.80 Å². The summed E-state index contributed by atoms with van der Waals surface area (Å²) < 4.78 is 6.73. The Kier molecular flexibility index (Phi) is 6.65. The Morgan fingerprint density at radius 1 is 1.00 bits per heavy atom. The first-order valence-electron chi connectivity index (χ1n) is 12.7. The fourth-order valence-corrected chi connectivity index (χ4v) is 7.29. The van der Waals surface area contributed by atoms with Crippen molar-refractivity contribution in [3.8, 4) is 11.5 Å². The van der Waals surface area contributed by atoms with Gasteiger partial charge in [-0.15, -0.1) is 11.3 Å². The number of hydrogen-bond acceptors (Lipinski definition) is 5. The standard InChI is InChI=1S/C30H31ClN2O2S/c1-35-26-17-24-22(16-25(26)34)12-15-33(19-28-29(31)23-6-2-3-7-27(23)36-28)30(24)21-10-8-20(9-11-21)18-32-13-4-5-14-32/h2-3,6-11,16-17,30,34H,4-5,12-15,18-19H2,1H3. The van der Waals surface area contributed by atoms with Crippen molar-refractivity contribution in [2.24, 2.45) is 0 Å². The normalized spacial score (nSPS) is 18.6. The van der Waals surface area contributed by atoms with Crippen molar-refractivity contribution < 1.29 is 9.84 Å². The van der Waals surface area contributed by atoms with E-state index in [-0.39, 0.29) is 11.8 Å². The summed E-state index contributed by atoms with van der Waals surface area (Å²) in [5.41, 5.74) is 4.99. The molecule has 1 unspecified atom stereocenters. The van der Waals surface area contributed by atoms with Crippen molar-refractivity contribution in [3.05, 3.63) is 92.8 Å². The van der Waals surface area contributed by atoms with Gasteiger partial charge in [-0.05, 0) is 72.8 Å². The summed E-state index contributed by atoms with van der Waals surface area (Å²) >= 11 is 8.65. The van der Waals surface area contributed by atoms with E-state index in [4.69, 9.17) is 16.3 Å². The summed E-state index contributed by atoms with van der Waals surface area (Å²) in [6.07, 6.45) is 3.49. The molecular weight excluding hydrogens is 488 g/mol. The molecule has 0 radical (unpaired) electrons. The number of likely N-dealkylation sites (tertiary alicyclic amines) is 1. The van der Waals surface area contributed by atoms with Gasteiger partial charge in [0.25, 0.3) is 0 Å². The van der Waals surface area contributed by atoms with Gasteiger partial charge < -0.3 is 9.84 Å². The van der Waals surface area contributed by atoms with Gasteiger partial charge in [-0.25, -0.2) is 0 Å². The molecule has 186 valence electrons. The fraction of sp³-hybridized carbons (Fsp3) is 0.333. The Morgan fingerprint density at radius 2 is 1.78 bits per heavy atom. The molecule has 0 amide bonds. The Hall–Kier alpha value is -2.57. The van der Waals surface area contributed by atoms with Crippen LogP contribution in [-0.2, 0) is 19.5 Å². The Labute approximate surface area is 221 Å². The van der Waals surface area contributed by atoms with Crippen molar-refractivity contribution >= 4 is 33.0 Å². The Bertz CT molecular complexity index is 1380. The lowest BCUT2D eigenvalue weighted by molar-refractivity contribution is 0.205. The van der Waals surface area contributed by atoms with Crippen LogP contribution in [0.5, 0.6) is 11.5 Å². The number of phenols is 1. The molecule has 1 aromatic heterocycles. The van der Waals surface area contributed by atoms with E-state index in [1.807, 2.05) is 18.2 Å². The van der Waals surface area contributed by atoms with Crippen LogP contribution in [0.25, 0.3) is 10.1 Å². The van der Waals surface area contributed by atoms with E-state index in [9.17, 15) is 5.11 Å². The van der Waals surface area contributed by atoms with Gasteiger partial charge in [0.2, 0.25) is 0 Å². The molecule has 0 aliphatic carbocycles. The minimum absolute atomic E-state index is 0.0605. The first kappa shape index (κ1) is 23.8. The molecule has 4 aromatic rings. The first-order chi connectivity index (χ1) is 17.6. The number of methoxy groups -OCH3 is 1. The van der Waals surface area contributed by atoms with Gasteiger partial charge >= 0.3 is 0 Å². The third-order valence-electron chi connectivity index (χ3n) is 7.62. The molecule has 0 bridgehead atoms. The maximum absolute atomic E-state index is 10.5. The van der Waals surface area contributed by atoms with Crippen LogP contribution in [0, 0.1) is 0 Å². The molecule has 1 atom stereocenters. The lowest BCUT2D eigenvalue weighted by Gasteiger charge is -2.38. The first-order valence-corrected chi connectivity index (χ1v) is 13.9. The van der Waals surface area contributed by atoms with Crippen LogP contribution < -0.4 is 4.74 Å². The van der Waals surface area contributed by atoms with E-state index in [2.05, 4.69) is 52.3 Å². The van der Waals surface area contributed by atoms with Gasteiger partial charge in [-0.2, -0.15) is 0 Å². The van der Waals surface area contributed by atoms with Gasteiger partial charge in [-0.1, -0.05) is 54.1 Å². The van der Waals surface area contributed by atoms with Crippen LogP contribution in [-0.4, -0.2) is 41.7 Å². The van der Waals surface area contributed by atoms with E-state index in [1.54, 1.807) is 18.4 Å². The minimum atomic E-state index is 0.0605. The molecule has 4 nitrogen and oxygen atoms in total. The molecule has 6 heteroatoms. The number of fused-ring (bicyclic) bond motifs is 2. The maximum atomic E-state index is 10.5. The summed E-state index contributed by atoms with van der Waals surface area (Å²) in [4.78, 5) is 6.25.